The van der Waals surface area contributed by atoms with Gasteiger partial charge >= 0.3 is 0 Å². The number of nitrogens with zero attached hydrogens (tertiary/aromatic N) is 2. The molecular formula is C20H21N3O2. The number of imidazole rings is 1. The first-order valence-electron chi connectivity index (χ1n) is 8.32. The summed E-state index contributed by atoms with van der Waals surface area (Å²) in [6, 6.07) is 17.1. The number of rotatable bonds is 8. The SMILES string of the molecule is O=C(NCCCn1ccnc1)c1ccccc1COc1ccccc1. The van der Waals surface area contributed by atoms with E-state index in [1.54, 1.807) is 12.5 Å². The van der Waals surface area contributed by atoms with Crippen molar-refractivity contribution in [1.29, 1.82) is 0 Å². The van der Waals surface area contributed by atoms with Crippen LogP contribution in [-0.2, 0) is 13.2 Å². The molecule has 3 aromatic rings. The molecule has 0 fully saturated rings. The average molecular weight is 335 g/mol. The molecule has 0 radical (unpaired) electrons. The number of carbonyl (C=O) groups is 1. The number of amides is 1. The van der Waals surface area contributed by atoms with E-state index in [0.717, 1.165) is 24.3 Å². The molecule has 0 bridgehead atoms. The fourth-order valence-corrected chi connectivity index (χ4v) is 2.52. The van der Waals surface area contributed by atoms with Gasteiger partial charge in [-0.25, -0.2) is 4.98 Å². The summed E-state index contributed by atoms with van der Waals surface area (Å²) in [6.45, 7) is 1.81. The van der Waals surface area contributed by atoms with Gasteiger partial charge in [-0.2, -0.15) is 0 Å². The first-order chi connectivity index (χ1) is 12.3. The Balaban J connectivity index is 1.53. The predicted octanol–water partition coefficient (Wildman–Crippen LogP) is 3.28. The van der Waals surface area contributed by atoms with E-state index in [1.807, 2.05) is 65.4 Å². The Labute approximate surface area is 147 Å². The van der Waals surface area contributed by atoms with Crippen molar-refractivity contribution in [1.82, 2.24) is 14.9 Å². The van der Waals surface area contributed by atoms with Crippen molar-refractivity contribution < 1.29 is 9.53 Å². The molecule has 5 heteroatoms. The number of aromatic nitrogens is 2. The normalized spacial score (nSPS) is 10.4. The Morgan fingerprint density at radius 2 is 1.88 bits per heavy atom. The van der Waals surface area contributed by atoms with E-state index in [1.165, 1.54) is 0 Å². The third-order valence-electron chi connectivity index (χ3n) is 3.84. The van der Waals surface area contributed by atoms with Crippen LogP contribution in [0.3, 0.4) is 0 Å². The van der Waals surface area contributed by atoms with Crippen LogP contribution in [0.1, 0.15) is 22.3 Å². The highest BCUT2D eigenvalue weighted by Crippen LogP contribution is 2.14. The lowest BCUT2D eigenvalue weighted by molar-refractivity contribution is 0.0950. The van der Waals surface area contributed by atoms with Crippen molar-refractivity contribution in [2.45, 2.75) is 19.6 Å². The van der Waals surface area contributed by atoms with Crippen LogP contribution in [0.4, 0.5) is 0 Å². The first-order valence-corrected chi connectivity index (χ1v) is 8.32. The van der Waals surface area contributed by atoms with Crippen LogP contribution in [0, 0.1) is 0 Å². The third-order valence-corrected chi connectivity index (χ3v) is 3.84. The number of hydrogen-bond donors (Lipinski definition) is 1. The predicted molar refractivity (Wildman–Crippen MR) is 96.4 cm³/mol. The van der Waals surface area contributed by atoms with Gasteiger partial charge in [-0.1, -0.05) is 36.4 Å². The molecular weight excluding hydrogens is 314 g/mol. The lowest BCUT2D eigenvalue weighted by Gasteiger charge is -2.11. The van der Waals surface area contributed by atoms with Crippen molar-refractivity contribution in [2.75, 3.05) is 6.54 Å². The van der Waals surface area contributed by atoms with Gasteiger partial charge in [0.05, 0.1) is 6.33 Å². The summed E-state index contributed by atoms with van der Waals surface area (Å²) in [5, 5.41) is 2.97. The molecule has 0 atom stereocenters. The summed E-state index contributed by atoms with van der Waals surface area (Å²) in [4.78, 5) is 16.5. The van der Waals surface area contributed by atoms with Crippen molar-refractivity contribution in [3.8, 4) is 5.75 Å². The average Bonchev–Trinajstić information content (AvgIpc) is 3.18. The molecule has 5 nitrogen and oxygen atoms in total. The Kier molecular flexibility index (Phi) is 5.82. The summed E-state index contributed by atoms with van der Waals surface area (Å²) in [5.41, 5.74) is 1.53. The van der Waals surface area contributed by atoms with Crippen LogP contribution < -0.4 is 10.1 Å². The number of aryl methyl sites for hydroxylation is 1. The quantitative estimate of drug-likeness (QED) is 0.643. The van der Waals surface area contributed by atoms with Crippen LogP contribution in [0.15, 0.2) is 73.3 Å². The summed E-state index contributed by atoms with van der Waals surface area (Å²) < 4.78 is 7.76. The highest BCUT2D eigenvalue weighted by atomic mass is 16.5. The molecule has 0 saturated heterocycles. The molecule has 0 aliphatic heterocycles. The van der Waals surface area contributed by atoms with Crippen molar-refractivity contribution in [3.05, 3.63) is 84.4 Å². The molecule has 1 heterocycles. The van der Waals surface area contributed by atoms with E-state index >= 15 is 0 Å². The zero-order valence-electron chi connectivity index (χ0n) is 14.0. The summed E-state index contributed by atoms with van der Waals surface area (Å²) >= 11 is 0. The zero-order valence-corrected chi connectivity index (χ0v) is 14.0. The maximum atomic E-state index is 12.5. The topological polar surface area (TPSA) is 56.2 Å². The van der Waals surface area contributed by atoms with E-state index in [2.05, 4.69) is 10.3 Å². The molecule has 128 valence electrons. The molecule has 0 saturated carbocycles. The van der Waals surface area contributed by atoms with E-state index in [-0.39, 0.29) is 5.91 Å². The Morgan fingerprint density at radius 1 is 1.08 bits per heavy atom. The summed E-state index contributed by atoms with van der Waals surface area (Å²) in [7, 11) is 0. The minimum absolute atomic E-state index is 0.0714. The van der Waals surface area contributed by atoms with Gasteiger partial charge in [0.2, 0.25) is 0 Å². The number of benzene rings is 2. The Morgan fingerprint density at radius 3 is 2.68 bits per heavy atom. The summed E-state index contributed by atoms with van der Waals surface area (Å²) in [5.74, 6) is 0.718. The number of hydrogen-bond acceptors (Lipinski definition) is 3. The minimum atomic E-state index is -0.0714. The molecule has 0 unspecified atom stereocenters. The van der Waals surface area contributed by atoms with Crippen molar-refractivity contribution >= 4 is 5.91 Å². The fraction of sp³-hybridized carbons (Fsp3) is 0.200. The van der Waals surface area contributed by atoms with Crippen LogP contribution in [0.5, 0.6) is 5.75 Å². The maximum absolute atomic E-state index is 12.5. The Bertz CT molecular complexity index is 786. The summed E-state index contributed by atoms with van der Waals surface area (Å²) in [6.07, 6.45) is 6.29. The number of para-hydroxylation sites is 1. The number of ether oxygens (including phenoxy) is 1. The number of carbonyl (C=O) groups excluding carboxylic acids is 1. The zero-order chi connectivity index (χ0) is 17.3. The fourth-order valence-electron chi connectivity index (χ4n) is 2.52. The van der Waals surface area contributed by atoms with Gasteiger partial charge in [0.1, 0.15) is 12.4 Å². The van der Waals surface area contributed by atoms with E-state index in [4.69, 9.17) is 4.74 Å². The second kappa shape index (κ2) is 8.68. The van der Waals surface area contributed by atoms with Crippen molar-refractivity contribution in [2.24, 2.45) is 0 Å². The molecule has 0 spiro atoms. The minimum Gasteiger partial charge on any atom is -0.489 e. The van der Waals surface area contributed by atoms with Gasteiger partial charge in [-0.3, -0.25) is 4.79 Å². The second-order valence-corrected chi connectivity index (χ2v) is 5.67. The molecule has 0 aliphatic carbocycles. The molecule has 1 N–H and O–H groups in total. The van der Waals surface area contributed by atoms with Gasteiger partial charge in [0, 0.05) is 36.6 Å². The molecule has 2 aromatic carbocycles. The van der Waals surface area contributed by atoms with Gasteiger partial charge in [-0.15, -0.1) is 0 Å². The second-order valence-electron chi connectivity index (χ2n) is 5.67. The maximum Gasteiger partial charge on any atom is 0.251 e. The van der Waals surface area contributed by atoms with Crippen LogP contribution in [0.2, 0.25) is 0 Å². The lowest BCUT2D eigenvalue weighted by atomic mass is 10.1. The molecule has 3 rings (SSSR count). The van der Waals surface area contributed by atoms with E-state index in [0.29, 0.717) is 18.7 Å². The first kappa shape index (κ1) is 16.8. The third kappa shape index (κ3) is 4.94. The standard InChI is InChI=1S/C20H21N3O2/c24-20(22-11-6-13-23-14-12-21-16-23)19-10-5-4-7-17(19)15-25-18-8-2-1-3-9-18/h1-5,7-10,12,14,16H,6,11,13,15H2,(H,22,24). The van der Waals surface area contributed by atoms with E-state index < -0.39 is 0 Å². The van der Waals surface area contributed by atoms with Crippen LogP contribution in [-0.4, -0.2) is 22.0 Å². The monoisotopic (exact) mass is 335 g/mol. The van der Waals surface area contributed by atoms with Gasteiger partial charge in [0.25, 0.3) is 5.91 Å². The molecule has 1 aromatic heterocycles. The highest BCUT2D eigenvalue weighted by Gasteiger charge is 2.10. The smallest absolute Gasteiger partial charge is 0.251 e. The molecule has 0 aliphatic rings. The van der Waals surface area contributed by atoms with Gasteiger partial charge < -0.3 is 14.6 Å². The van der Waals surface area contributed by atoms with Gasteiger partial charge in [-0.05, 0) is 24.6 Å². The Hall–Kier alpha value is -3.08. The van der Waals surface area contributed by atoms with Crippen LogP contribution >= 0.6 is 0 Å². The van der Waals surface area contributed by atoms with Crippen LogP contribution in [0.25, 0.3) is 0 Å². The van der Waals surface area contributed by atoms with Gasteiger partial charge in [0.15, 0.2) is 0 Å². The van der Waals surface area contributed by atoms with E-state index in [9.17, 15) is 4.79 Å². The number of nitrogens with one attached hydrogen (secondary N) is 1. The lowest BCUT2D eigenvalue weighted by Crippen LogP contribution is -2.26. The highest BCUT2D eigenvalue weighted by molar-refractivity contribution is 5.95. The van der Waals surface area contributed by atoms with Crippen molar-refractivity contribution in [3.63, 3.8) is 0 Å². The molecule has 1 amide bonds. The largest absolute Gasteiger partial charge is 0.489 e. The molecule has 25 heavy (non-hydrogen) atoms.